The van der Waals surface area contributed by atoms with Crippen LogP contribution in [-0.4, -0.2) is 13.0 Å². The van der Waals surface area contributed by atoms with Crippen LogP contribution in [0.2, 0.25) is 0 Å². The van der Waals surface area contributed by atoms with Gasteiger partial charge in [-0.05, 0) is 53.9 Å². The van der Waals surface area contributed by atoms with Gasteiger partial charge in [-0.25, -0.2) is 17.9 Å². The first-order chi connectivity index (χ1) is 15.9. The Morgan fingerprint density at radius 1 is 0.735 bits per heavy atom. The maximum Gasteiger partial charge on any atom is 0.527 e. The van der Waals surface area contributed by atoms with E-state index < -0.39 is 41.0 Å². The van der Waals surface area contributed by atoms with Gasteiger partial charge >= 0.3 is 12.5 Å². The molecule has 180 valence electrons. The highest BCUT2D eigenvalue weighted by Gasteiger charge is 2.49. The monoisotopic (exact) mass is 488 g/mol. The Kier molecular flexibility index (Phi) is 7.30. The maximum atomic E-state index is 14.6. The molecule has 0 unspecified atom stereocenters. The van der Waals surface area contributed by atoms with Crippen LogP contribution in [-0.2, 0) is 10.8 Å². The van der Waals surface area contributed by atoms with Crippen LogP contribution in [0.25, 0.3) is 23.3 Å². The molecule has 0 aliphatic rings. The first-order valence-electron chi connectivity index (χ1n) is 9.74. The first-order valence-corrected chi connectivity index (χ1v) is 9.74. The Balaban J connectivity index is 1.85. The molecule has 3 aromatic rings. The van der Waals surface area contributed by atoms with Gasteiger partial charge in [0.05, 0.1) is 6.61 Å². The fourth-order valence-corrected chi connectivity index (χ4v) is 3.11. The Morgan fingerprint density at radius 3 is 1.82 bits per heavy atom. The number of halogens is 8. The standard InChI is InChI=1S/C24H16F8O2/c1-2-33-17-8-5-14(6-9-17)3-4-15-7-10-18(19(25)11-15)16-12-20(26)22(21(27)13-16)23(28,29)34-24(30,31)32/h3-13H,2H2,1H3/b4-3+. The fraction of sp³-hybridized carbons (Fsp3) is 0.167. The molecule has 10 heteroatoms. The molecule has 0 spiro atoms. The van der Waals surface area contributed by atoms with E-state index in [0.29, 0.717) is 30.1 Å². The molecule has 3 aromatic carbocycles. The second-order valence-corrected chi connectivity index (χ2v) is 6.95. The summed E-state index contributed by atoms with van der Waals surface area (Å²) in [5.74, 6) is -4.30. The maximum absolute atomic E-state index is 14.6. The summed E-state index contributed by atoms with van der Waals surface area (Å²) in [7, 11) is 0. The molecule has 0 N–H and O–H groups in total. The third-order valence-corrected chi connectivity index (χ3v) is 4.54. The number of rotatable bonds is 7. The molecule has 0 saturated heterocycles. The summed E-state index contributed by atoms with van der Waals surface area (Å²) in [6, 6.07) is 11.3. The van der Waals surface area contributed by atoms with Crippen LogP contribution >= 0.6 is 0 Å². The third-order valence-electron chi connectivity index (χ3n) is 4.54. The lowest BCUT2D eigenvalue weighted by Gasteiger charge is -2.20. The zero-order valence-electron chi connectivity index (χ0n) is 17.4. The quantitative estimate of drug-likeness (QED) is 0.248. The van der Waals surface area contributed by atoms with Crippen LogP contribution in [0.5, 0.6) is 5.75 Å². The van der Waals surface area contributed by atoms with E-state index in [9.17, 15) is 35.1 Å². The van der Waals surface area contributed by atoms with Gasteiger partial charge in [-0.2, -0.15) is 8.78 Å². The van der Waals surface area contributed by atoms with Gasteiger partial charge in [0, 0.05) is 5.56 Å². The van der Waals surface area contributed by atoms with E-state index in [2.05, 4.69) is 4.74 Å². The molecule has 0 aromatic heterocycles. The second-order valence-electron chi connectivity index (χ2n) is 6.95. The van der Waals surface area contributed by atoms with Crippen molar-refractivity contribution in [2.45, 2.75) is 19.4 Å². The van der Waals surface area contributed by atoms with Crippen LogP contribution in [0, 0.1) is 17.5 Å². The number of benzene rings is 3. The van der Waals surface area contributed by atoms with Crippen molar-refractivity contribution in [1.29, 1.82) is 0 Å². The van der Waals surface area contributed by atoms with Gasteiger partial charge in [0.2, 0.25) is 0 Å². The average molecular weight is 488 g/mol. The summed E-state index contributed by atoms with van der Waals surface area (Å²) < 4.78 is 114. The van der Waals surface area contributed by atoms with Crippen molar-refractivity contribution < 1.29 is 44.6 Å². The molecule has 0 fully saturated rings. The van der Waals surface area contributed by atoms with Crippen molar-refractivity contribution in [2.24, 2.45) is 0 Å². The van der Waals surface area contributed by atoms with Crippen molar-refractivity contribution in [3.05, 3.63) is 88.7 Å². The highest BCUT2D eigenvalue weighted by atomic mass is 19.4. The highest BCUT2D eigenvalue weighted by Crippen LogP contribution is 2.40. The minimum atomic E-state index is -5.85. The Bertz CT molecular complexity index is 1160. The summed E-state index contributed by atoms with van der Waals surface area (Å²) >= 11 is 0. The minimum absolute atomic E-state index is 0.305. The normalized spacial score (nSPS) is 12.4. The van der Waals surface area contributed by atoms with Crippen LogP contribution < -0.4 is 4.74 Å². The van der Waals surface area contributed by atoms with E-state index >= 15 is 0 Å². The van der Waals surface area contributed by atoms with Gasteiger partial charge in [0.25, 0.3) is 0 Å². The lowest BCUT2D eigenvalue weighted by atomic mass is 10.00. The van der Waals surface area contributed by atoms with Gasteiger partial charge in [0.1, 0.15) is 28.8 Å². The first kappa shape index (κ1) is 25.2. The van der Waals surface area contributed by atoms with E-state index in [1.165, 1.54) is 6.07 Å². The zero-order valence-corrected chi connectivity index (χ0v) is 17.4. The molecule has 0 aliphatic heterocycles. The Hall–Kier alpha value is -3.40. The molecule has 0 aliphatic carbocycles. The van der Waals surface area contributed by atoms with Gasteiger partial charge in [-0.15, -0.1) is 13.2 Å². The highest BCUT2D eigenvalue weighted by molar-refractivity contribution is 5.73. The predicted octanol–water partition coefficient (Wildman–Crippen LogP) is 7.93. The van der Waals surface area contributed by atoms with Gasteiger partial charge in [0.15, 0.2) is 0 Å². The summed E-state index contributed by atoms with van der Waals surface area (Å²) in [6.45, 7) is 2.36. The van der Waals surface area contributed by atoms with E-state index in [1.807, 2.05) is 6.92 Å². The number of alkyl halides is 5. The van der Waals surface area contributed by atoms with Crippen molar-refractivity contribution >= 4 is 12.2 Å². The third kappa shape index (κ3) is 6.13. The largest absolute Gasteiger partial charge is 0.527 e. The van der Waals surface area contributed by atoms with Crippen LogP contribution in [0.3, 0.4) is 0 Å². The lowest BCUT2D eigenvalue weighted by Crippen LogP contribution is -2.29. The number of hydrogen-bond donors (Lipinski definition) is 0. The molecule has 0 heterocycles. The van der Waals surface area contributed by atoms with Gasteiger partial charge in [-0.1, -0.05) is 36.4 Å². The number of hydrogen-bond acceptors (Lipinski definition) is 2. The molecule has 0 atom stereocenters. The molecule has 34 heavy (non-hydrogen) atoms. The zero-order chi connectivity index (χ0) is 25.1. The summed E-state index contributed by atoms with van der Waals surface area (Å²) in [5, 5.41) is 0. The molecular formula is C24H16F8O2. The minimum Gasteiger partial charge on any atom is -0.494 e. The molecule has 0 radical (unpaired) electrons. The van der Waals surface area contributed by atoms with Crippen molar-refractivity contribution in [3.8, 4) is 16.9 Å². The van der Waals surface area contributed by atoms with E-state index in [-0.39, 0.29) is 5.56 Å². The average Bonchev–Trinajstić information content (AvgIpc) is 2.71. The van der Waals surface area contributed by atoms with Crippen molar-refractivity contribution in [1.82, 2.24) is 0 Å². The number of ether oxygens (including phenoxy) is 2. The second kappa shape index (κ2) is 9.84. The van der Waals surface area contributed by atoms with Gasteiger partial charge in [-0.3, -0.25) is 0 Å². The Morgan fingerprint density at radius 2 is 1.29 bits per heavy atom. The van der Waals surface area contributed by atoms with Crippen LogP contribution in [0.1, 0.15) is 23.6 Å². The van der Waals surface area contributed by atoms with E-state index in [1.54, 1.807) is 36.4 Å². The van der Waals surface area contributed by atoms with Gasteiger partial charge < -0.3 is 4.74 Å². The lowest BCUT2D eigenvalue weighted by molar-refractivity contribution is -0.432. The summed E-state index contributed by atoms with van der Waals surface area (Å²) in [6.07, 6.45) is -7.91. The molecule has 3 rings (SSSR count). The summed E-state index contributed by atoms with van der Waals surface area (Å²) in [5.41, 5.74) is -1.89. The van der Waals surface area contributed by atoms with Crippen LogP contribution in [0.15, 0.2) is 54.6 Å². The SMILES string of the molecule is CCOc1ccc(/C=C/c2ccc(-c3cc(F)c(C(F)(F)OC(F)(F)F)c(F)c3)c(F)c2)cc1. The Labute approximate surface area is 189 Å². The van der Waals surface area contributed by atoms with Crippen molar-refractivity contribution in [3.63, 3.8) is 0 Å². The van der Waals surface area contributed by atoms with E-state index in [0.717, 1.165) is 17.7 Å². The molecule has 0 saturated carbocycles. The van der Waals surface area contributed by atoms with E-state index in [4.69, 9.17) is 4.74 Å². The molecule has 2 nitrogen and oxygen atoms in total. The molecule has 0 amide bonds. The smallest absolute Gasteiger partial charge is 0.494 e. The molecular weight excluding hydrogens is 472 g/mol. The summed E-state index contributed by atoms with van der Waals surface area (Å²) in [4.78, 5) is 0. The van der Waals surface area contributed by atoms with Crippen molar-refractivity contribution in [2.75, 3.05) is 6.61 Å². The fourth-order valence-electron chi connectivity index (χ4n) is 3.11. The van der Waals surface area contributed by atoms with Crippen LogP contribution in [0.4, 0.5) is 35.1 Å². The predicted molar refractivity (Wildman–Crippen MR) is 109 cm³/mol. The molecule has 0 bridgehead atoms. The topological polar surface area (TPSA) is 18.5 Å².